The standard InChI is InChI=1S/C21H23N5O2/c1-25-17-5-3-2-4-14(17)19(22)18(21(25)27)20-23-15-7-6-13(12-16(15)24-20)26-8-10-28-11-9-26/h2-7,12,15-16H,8-11,22H2,1H3,(H,23,24). The fraction of sp³-hybridized carbons (Fsp3) is 0.333. The van der Waals surface area contributed by atoms with Crippen LogP contribution in [0.5, 0.6) is 0 Å². The third-order valence-electron chi connectivity index (χ3n) is 5.72. The zero-order valence-corrected chi connectivity index (χ0v) is 15.8. The SMILES string of the molecule is Cn1c(=O)c(C2=NC3C=CC(N4CCOCC4)=CC3N2)c(N)c2ccccc21. The molecular weight excluding hydrogens is 354 g/mol. The van der Waals surface area contributed by atoms with E-state index >= 15 is 0 Å². The Labute approximate surface area is 162 Å². The normalized spacial score (nSPS) is 24.0. The van der Waals surface area contributed by atoms with E-state index in [9.17, 15) is 4.79 Å². The number of pyridine rings is 1. The summed E-state index contributed by atoms with van der Waals surface area (Å²) in [6.07, 6.45) is 6.40. The Balaban J connectivity index is 1.51. The molecule has 1 aliphatic carbocycles. The summed E-state index contributed by atoms with van der Waals surface area (Å²) in [4.78, 5) is 20.1. The van der Waals surface area contributed by atoms with Crippen molar-refractivity contribution in [2.24, 2.45) is 12.0 Å². The largest absolute Gasteiger partial charge is 0.397 e. The van der Waals surface area contributed by atoms with Crippen molar-refractivity contribution < 1.29 is 4.74 Å². The first kappa shape index (κ1) is 17.1. The van der Waals surface area contributed by atoms with Gasteiger partial charge >= 0.3 is 0 Å². The Hall–Kier alpha value is -3.06. The second kappa shape index (κ2) is 6.53. The maximum absolute atomic E-state index is 13.0. The Kier molecular flexibility index (Phi) is 3.98. The average molecular weight is 377 g/mol. The van der Waals surface area contributed by atoms with Gasteiger partial charge in [0.2, 0.25) is 0 Å². The van der Waals surface area contributed by atoms with Crippen molar-refractivity contribution in [2.75, 3.05) is 32.0 Å². The number of nitrogen functional groups attached to an aromatic ring is 1. The van der Waals surface area contributed by atoms with E-state index in [0.717, 1.165) is 37.2 Å². The van der Waals surface area contributed by atoms with Gasteiger partial charge in [0, 0.05) is 31.2 Å². The van der Waals surface area contributed by atoms with Crippen molar-refractivity contribution in [3.8, 4) is 0 Å². The van der Waals surface area contributed by atoms with E-state index in [1.165, 1.54) is 5.70 Å². The quantitative estimate of drug-likeness (QED) is 0.816. The maximum atomic E-state index is 13.0. The molecule has 2 aromatic rings. The van der Waals surface area contributed by atoms with Crippen LogP contribution in [0.3, 0.4) is 0 Å². The lowest BCUT2D eigenvalue weighted by Gasteiger charge is -2.32. The van der Waals surface area contributed by atoms with Crippen LogP contribution in [-0.2, 0) is 11.8 Å². The molecule has 0 amide bonds. The van der Waals surface area contributed by atoms with Gasteiger partial charge in [0.05, 0.1) is 36.5 Å². The average Bonchev–Trinajstić information content (AvgIpc) is 3.15. The molecular formula is C21H23N5O2. The molecule has 1 fully saturated rings. The number of nitrogens with zero attached hydrogens (tertiary/aromatic N) is 3. The molecule has 2 unspecified atom stereocenters. The molecule has 0 spiro atoms. The summed E-state index contributed by atoms with van der Waals surface area (Å²) in [5.74, 6) is 0.572. The number of nitrogens with one attached hydrogen (secondary N) is 1. The van der Waals surface area contributed by atoms with Crippen molar-refractivity contribution in [1.29, 1.82) is 0 Å². The number of benzene rings is 1. The summed E-state index contributed by atoms with van der Waals surface area (Å²) in [5.41, 5.74) is 9.19. The molecule has 1 saturated heterocycles. The molecule has 2 atom stereocenters. The van der Waals surface area contributed by atoms with Crippen LogP contribution in [0.15, 0.2) is 58.0 Å². The highest BCUT2D eigenvalue weighted by molar-refractivity contribution is 6.09. The second-order valence-electron chi connectivity index (χ2n) is 7.36. The fourth-order valence-electron chi connectivity index (χ4n) is 4.17. The van der Waals surface area contributed by atoms with Gasteiger partial charge in [-0.2, -0.15) is 0 Å². The minimum atomic E-state index is -0.137. The number of rotatable bonds is 2. The van der Waals surface area contributed by atoms with Crippen molar-refractivity contribution >= 4 is 22.4 Å². The zero-order valence-electron chi connectivity index (χ0n) is 15.8. The summed E-state index contributed by atoms with van der Waals surface area (Å²) in [6, 6.07) is 7.66. The number of hydrogen-bond acceptors (Lipinski definition) is 6. The lowest BCUT2D eigenvalue weighted by atomic mass is 10.0. The molecule has 7 heteroatoms. The second-order valence-corrected chi connectivity index (χ2v) is 7.36. The van der Waals surface area contributed by atoms with Gasteiger partial charge in [-0.1, -0.05) is 24.3 Å². The third kappa shape index (κ3) is 2.62. The highest BCUT2D eigenvalue weighted by Crippen LogP contribution is 2.26. The van der Waals surface area contributed by atoms with Crippen LogP contribution in [0.25, 0.3) is 10.9 Å². The molecule has 28 heavy (non-hydrogen) atoms. The van der Waals surface area contributed by atoms with Crippen molar-refractivity contribution in [2.45, 2.75) is 12.1 Å². The lowest BCUT2D eigenvalue weighted by molar-refractivity contribution is 0.0550. The van der Waals surface area contributed by atoms with Crippen LogP contribution in [0.2, 0.25) is 0 Å². The number of aliphatic imine (C=N–C) groups is 1. The van der Waals surface area contributed by atoms with Crippen LogP contribution in [0.1, 0.15) is 5.56 Å². The number of aryl methyl sites for hydroxylation is 1. The van der Waals surface area contributed by atoms with Crippen LogP contribution in [0, 0.1) is 0 Å². The predicted octanol–water partition coefficient (Wildman–Crippen LogP) is 0.994. The molecule has 3 N–H and O–H groups in total. The number of amidine groups is 1. The zero-order chi connectivity index (χ0) is 19.3. The minimum Gasteiger partial charge on any atom is -0.397 e. The smallest absolute Gasteiger partial charge is 0.263 e. The van der Waals surface area contributed by atoms with E-state index in [2.05, 4.69) is 28.4 Å². The van der Waals surface area contributed by atoms with E-state index in [4.69, 9.17) is 15.5 Å². The van der Waals surface area contributed by atoms with Gasteiger partial charge in [0.15, 0.2) is 0 Å². The molecule has 0 saturated carbocycles. The van der Waals surface area contributed by atoms with Crippen molar-refractivity contribution in [1.82, 2.24) is 14.8 Å². The number of allylic oxidation sites excluding steroid dienone is 1. The number of morpholine rings is 1. The van der Waals surface area contributed by atoms with E-state index in [0.29, 0.717) is 17.1 Å². The van der Waals surface area contributed by atoms with Crippen LogP contribution in [-0.4, -0.2) is 53.7 Å². The van der Waals surface area contributed by atoms with E-state index in [1.807, 2.05) is 24.3 Å². The Morgan fingerprint density at radius 1 is 1.25 bits per heavy atom. The van der Waals surface area contributed by atoms with Crippen LogP contribution >= 0.6 is 0 Å². The molecule has 3 aliphatic rings. The first-order valence-corrected chi connectivity index (χ1v) is 9.58. The van der Waals surface area contributed by atoms with Gasteiger partial charge in [-0.25, -0.2) is 0 Å². The monoisotopic (exact) mass is 377 g/mol. The Bertz CT molecular complexity index is 1090. The number of anilines is 1. The van der Waals surface area contributed by atoms with Gasteiger partial charge < -0.3 is 25.3 Å². The first-order chi connectivity index (χ1) is 13.6. The van der Waals surface area contributed by atoms with Gasteiger partial charge in [0.1, 0.15) is 11.4 Å². The van der Waals surface area contributed by atoms with Gasteiger partial charge in [-0.3, -0.25) is 9.79 Å². The number of ether oxygens (including phenoxy) is 1. The number of nitrogens with two attached hydrogens (primary N) is 1. The summed E-state index contributed by atoms with van der Waals surface area (Å²) in [5, 5.41) is 4.28. The van der Waals surface area contributed by atoms with Crippen LogP contribution in [0.4, 0.5) is 5.69 Å². The molecule has 5 rings (SSSR count). The highest BCUT2D eigenvalue weighted by Gasteiger charge is 2.32. The molecule has 1 aromatic heterocycles. The molecule has 1 aromatic carbocycles. The number of fused-ring (bicyclic) bond motifs is 2. The summed E-state index contributed by atoms with van der Waals surface area (Å²) >= 11 is 0. The number of hydrogen-bond donors (Lipinski definition) is 2. The van der Waals surface area contributed by atoms with E-state index in [-0.39, 0.29) is 17.6 Å². The van der Waals surface area contributed by atoms with Crippen molar-refractivity contribution in [3.63, 3.8) is 0 Å². The predicted molar refractivity (Wildman–Crippen MR) is 110 cm³/mol. The van der Waals surface area contributed by atoms with Gasteiger partial charge in [0.25, 0.3) is 5.56 Å². The first-order valence-electron chi connectivity index (χ1n) is 9.58. The molecule has 144 valence electrons. The Morgan fingerprint density at radius 2 is 2.04 bits per heavy atom. The number of aromatic nitrogens is 1. The molecule has 0 bridgehead atoms. The fourth-order valence-corrected chi connectivity index (χ4v) is 4.17. The molecule has 2 aliphatic heterocycles. The van der Waals surface area contributed by atoms with Gasteiger partial charge in [-0.15, -0.1) is 0 Å². The Morgan fingerprint density at radius 3 is 2.86 bits per heavy atom. The lowest BCUT2D eigenvalue weighted by Crippen LogP contribution is -2.40. The molecule has 3 heterocycles. The highest BCUT2D eigenvalue weighted by atomic mass is 16.5. The molecule has 7 nitrogen and oxygen atoms in total. The maximum Gasteiger partial charge on any atom is 0.263 e. The van der Waals surface area contributed by atoms with Crippen LogP contribution < -0.4 is 16.6 Å². The minimum absolute atomic E-state index is 0.0217. The summed E-state index contributed by atoms with van der Waals surface area (Å²) in [6.45, 7) is 3.27. The topological polar surface area (TPSA) is 84.9 Å². The number of para-hydroxylation sites is 1. The molecule has 0 radical (unpaired) electrons. The van der Waals surface area contributed by atoms with E-state index < -0.39 is 0 Å². The third-order valence-corrected chi connectivity index (χ3v) is 5.72. The summed E-state index contributed by atoms with van der Waals surface area (Å²) in [7, 11) is 1.77. The van der Waals surface area contributed by atoms with Crippen molar-refractivity contribution in [3.05, 3.63) is 64.1 Å². The summed E-state index contributed by atoms with van der Waals surface area (Å²) < 4.78 is 7.08. The van der Waals surface area contributed by atoms with E-state index in [1.54, 1.807) is 11.6 Å². The van der Waals surface area contributed by atoms with Gasteiger partial charge in [-0.05, 0) is 18.2 Å².